The number of rotatable bonds is 4. The lowest BCUT2D eigenvalue weighted by molar-refractivity contribution is 0.0836. The van der Waals surface area contributed by atoms with Gasteiger partial charge in [0, 0.05) is 33.6 Å². The van der Waals surface area contributed by atoms with Gasteiger partial charge in [0.2, 0.25) is 0 Å². The second kappa shape index (κ2) is 6.14. The Balaban J connectivity index is 2.09. The van der Waals surface area contributed by atoms with Gasteiger partial charge >= 0.3 is 0 Å². The fourth-order valence-corrected chi connectivity index (χ4v) is 3.11. The lowest BCUT2D eigenvalue weighted by Gasteiger charge is -2.23. The monoisotopic (exact) mass is 313 g/mol. The summed E-state index contributed by atoms with van der Waals surface area (Å²) in [7, 11) is 0. The molecule has 5 heteroatoms. The van der Waals surface area contributed by atoms with Crippen molar-refractivity contribution in [1.82, 2.24) is 4.98 Å². The normalized spacial score (nSPS) is 14.1. The van der Waals surface area contributed by atoms with Gasteiger partial charge in [-0.1, -0.05) is 29.3 Å². The Morgan fingerprint density at radius 1 is 1.32 bits per heavy atom. The minimum Gasteiger partial charge on any atom is -0.385 e. The summed E-state index contributed by atoms with van der Waals surface area (Å²) in [6.07, 6.45) is 3.35. The van der Waals surface area contributed by atoms with Gasteiger partial charge in [0.25, 0.3) is 0 Å². The molecule has 1 heterocycles. The van der Waals surface area contributed by atoms with E-state index in [9.17, 15) is 5.11 Å². The van der Waals surface area contributed by atoms with Crippen LogP contribution in [-0.4, -0.2) is 15.8 Å². The number of halogens is 2. The van der Waals surface area contributed by atoms with Crippen LogP contribution in [0.15, 0.2) is 47.6 Å². The molecule has 1 N–H and O–H groups in total. The summed E-state index contributed by atoms with van der Waals surface area (Å²) in [4.78, 5) is 4.92. The number of aliphatic hydroxyl groups is 1. The topological polar surface area (TPSA) is 33.1 Å². The Labute approximate surface area is 126 Å². The zero-order chi connectivity index (χ0) is 13.9. The van der Waals surface area contributed by atoms with E-state index in [2.05, 4.69) is 4.98 Å². The summed E-state index contributed by atoms with van der Waals surface area (Å²) in [5, 5.41) is 11.7. The van der Waals surface area contributed by atoms with Crippen molar-refractivity contribution in [3.63, 3.8) is 0 Å². The average Bonchev–Trinajstić information content (AvgIpc) is 2.39. The van der Waals surface area contributed by atoms with Gasteiger partial charge in [0.05, 0.1) is 10.6 Å². The SMILES string of the molecule is CC(O)(CSc1ccc(Cl)cc1Cl)c1cccnc1. The highest BCUT2D eigenvalue weighted by Crippen LogP contribution is 2.34. The summed E-state index contributed by atoms with van der Waals surface area (Å²) in [5.74, 6) is 0.486. The highest BCUT2D eigenvalue weighted by Gasteiger charge is 2.23. The predicted molar refractivity (Wildman–Crippen MR) is 81.0 cm³/mol. The molecule has 19 heavy (non-hydrogen) atoms. The summed E-state index contributed by atoms with van der Waals surface area (Å²) >= 11 is 13.4. The van der Waals surface area contributed by atoms with E-state index >= 15 is 0 Å². The number of hydrogen-bond acceptors (Lipinski definition) is 3. The van der Waals surface area contributed by atoms with Crippen LogP contribution in [0.2, 0.25) is 10.0 Å². The first kappa shape index (κ1) is 14.7. The zero-order valence-corrected chi connectivity index (χ0v) is 12.6. The van der Waals surface area contributed by atoms with Crippen LogP contribution in [0, 0.1) is 0 Å². The Morgan fingerprint density at radius 3 is 2.74 bits per heavy atom. The lowest BCUT2D eigenvalue weighted by Crippen LogP contribution is -2.24. The van der Waals surface area contributed by atoms with Gasteiger partial charge in [-0.15, -0.1) is 11.8 Å². The van der Waals surface area contributed by atoms with Crippen molar-refractivity contribution in [3.05, 3.63) is 58.3 Å². The molecule has 0 saturated heterocycles. The van der Waals surface area contributed by atoms with Crippen molar-refractivity contribution in [2.75, 3.05) is 5.75 Å². The van der Waals surface area contributed by atoms with Gasteiger partial charge in [-0.3, -0.25) is 4.98 Å². The third-order valence-electron chi connectivity index (χ3n) is 2.69. The Hall–Kier alpha value is -0.740. The van der Waals surface area contributed by atoms with Crippen molar-refractivity contribution >= 4 is 35.0 Å². The van der Waals surface area contributed by atoms with E-state index in [1.807, 2.05) is 18.2 Å². The molecule has 1 aromatic carbocycles. The van der Waals surface area contributed by atoms with Crippen LogP contribution in [0.1, 0.15) is 12.5 Å². The van der Waals surface area contributed by atoms with Crippen LogP contribution in [0.4, 0.5) is 0 Å². The Morgan fingerprint density at radius 2 is 2.11 bits per heavy atom. The Kier molecular flexibility index (Phi) is 4.74. The molecular weight excluding hydrogens is 301 g/mol. The third-order valence-corrected chi connectivity index (χ3v) is 4.72. The number of nitrogens with zero attached hydrogens (tertiary/aromatic N) is 1. The van der Waals surface area contributed by atoms with Gasteiger partial charge in [0.15, 0.2) is 0 Å². The molecule has 0 aliphatic rings. The first-order valence-corrected chi connectivity index (χ1v) is 7.44. The molecule has 0 bridgehead atoms. The third kappa shape index (κ3) is 3.86. The van der Waals surface area contributed by atoms with Gasteiger partial charge in [-0.2, -0.15) is 0 Å². The maximum atomic E-state index is 10.5. The standard InChI is InChI=1S/C14H13Cl2NOS/c1-14(18,10-3-2-6-17-8-10)9-19-13-5-4-11(15)7-12(13)16/h2-8,18H,9H2,1H3. The largest absolute Gasteiger partial charge is 0.385 e. The summed E-state index contributed by atoms with van der Waals surface area (Å²) in [5.41, 5.74) is -0.172. The molecule has 1 aromatic heterocycles. The first-order valence-electron chi connectivity index (χ1n) is 5.70. The van der Waals surface area contributed by atoms with Gasteiger partial charge in [-0.25, -0.2) is 0 Å². The van der Waals surface area contributed by atoms with Crippen LogP contribution in [0.25, 0.3) is 0 Å². The summed E-state index contributed by atoms with van der Waals surface area (Å²) in [6, 6.07) is 9.01. The van der Waals surface area contributed by atoms with Crippen molar-refractivity contribution < 1.29 is 5.11 Å². The first-order chi connectivity index (χ1) is 8.99. The molecule has 0 aliphatic heterocycles. The molecule has 2 rings (SSSR count). The summed E-state index contributed by atoms with van der Waals surface area (Å²) in [6.45, 7) is 1.76. The Bertz CT molecular complexity index is 561. The van der Waals surface area contributed by atoms with Crippen molar-refractivity contribution in [2.24, 2.45) is 0 Å². The predicted octanol–water partition coefficient (Wildman–Crippen LogP) is 4.39. The van der Waals surface area contributed by atoms with Crippen molar-refractivity contribution in [1.29, 1.82) is 0 Å². The smallest absolute Gasteiger partial charge is 0.0976 e. The fraction of sp³-hybridized carbons (Fsp3) is 0.214. The molecule has 0 saturated carbocycles. The molecule has 0 fully saturated rings. The van der Waals surface area contributed by atoms with E-state index in [1.54, 1.807) is 31.5 Å². The average molecular weight is 314 g/mol. The highest BCUT2D eigenvalue weighted by atomic mass is 35.5. The van der Waals surface area contributed by atoms with Gasteiger partial charge in [0.1, 0.15) is 0 Å². The van der Waals surface area contributed by atoms with Crippen LogP contribution in [0.3, 0.4) is 0 Å². The van der Waals surface area contributed by atoms with Crippen molar-refractivity contribution in [3.8, 4) is 0 Å². The van der Waals surface area contributed by atoms with E-state index in [-0.39, 0.29) is 0 Å². The number of pyridine rings is 1. The molecule has 2 aromatic rings. The van der Waals surface area contributed by atoms with E-state index in [1.165, 1.54) is 11.8 Å². The highest BCUT2D eigenvalue weighted by molar-refractivity contribution is 7.99. The minimum atomic E-state index is -0.956. The zero-order valence-electron chi connectivity index (χ0n) is 10.3. The van der Waals surface area contributed by atoms with E-state index in [0.29, 0.717) is 15.8 Å². The number of hydrogen-bond donors (Lipinski definition) is 1. The molecule has 1 atom stereocenters. The van der Waals surface area contributed by atoms with Crippen LogP contribution in [-0.2, 0) is 5.60 Å². The van der Waals surface area contributed by atoms with Gasteiger partial charge in [-0.05, 0) is 31.2 Å². The summed E-state index contributed by atoms with van der Waals surface area (Å²) < 4.78 is 0. The molecule has 1 unspecified atom stereocenters. The van der Waals surface area contributed by atoms with Crippen molar-refractivity contribution in [2.45, 2.75) is 17.4 Å². The number of thioether (sulfide) groups is 1. The van der Waals surface area contributed by atoms with E-state index in [4.69, 9.17) is 23.2 Å². The molecule has 0 aliphatic carbocycles. The molecule has 0 spiro atoms. The van der Waals surface area contributed by atoms with Crippen LogP contribution < -0.4 is 0 Å². The maximum Gasteiger partial charge on any atom is 0.0976 e. The number of aromatic nitrogens is 1. The van der Waals surface area contributed by atoms with E-state index in [0.717, 1.165) is 10.5 Å². The van der Waals surface area contributed by atoms with E-state index < -0.39 is 5.60 Å². The lowest BCUT2D eigenvalue weighted by atomic mass is 10.0. The molecule has 100 valence electrons. The molecular formula is C14H13Cl2NOS. The second-order valence-electron chi connectivity index (χ2n) is 4.38. The van der Waals surface area contributed by atoms with Crippen LogP contribution >= 0.6 is 35.0 Å². The quantitative estimate of drug-likeness (QED) is 0.850. The fourth-order valence-electron chi connectivity index (χ4n) is 1.58. The molecule has 2 nitrogen and oxygen atoms in total. The molecule has 0 radical (unpaired) electrons. The molecule has 0 amide bonds. The van der Waals surface area contributed by atoms with Crippen LogP contribution in [0.5, 0.6) is 0 Å². The maximum absolute atomic E-state index is 10.5. The number of benzene rings is 1. The minimum absolute atomic E-state index is 0.486. The van der Waals surface area contributed by atoms with Gasteiger partial charge < -0.3 is 5.11 Å². The second-order valence-corrected chi connectivity index (χ2v) is 6.24.